The van der Waals surface area contributed by atoms with Crippen molar-refractivity contribution in [3.05, 3.63) is 35.9 Å². The molecular formula is C14H23O5P. The lowest BCUT2D eigenvalue weighted by atomic mass is 9.97. The van der Waals surface area contributed by atoms with Crippen molar-refractivity contribution in [2.75, 3.05) is 0 Å². The molecule has 2 unspecified atom stereocenters. The van der Waals surface area contributed by atoms with Crippen molar-refractivity contribution < 1.29 is 24.3 Å². The number of benzene rings is 1. The molecule has 0 aliphatic heterocycles. The highest BCUT2D eigenvalue weighted by Crippen LogP contribution is 2.47. The second-order valence-corrected chi connectivity index (χ2v) is 6.31. The summed E-state index contributed by atoms with van der Waals surface area (Å²) in [5.74, 6) is -2.22. The molecule has 6 heteroatoms. The Hall–Kier alpha value is -1.16. The first-order chi connectivity index (χ1) is 9.25. The van der Waals surface area contributed by atoms with Gasteiger partial charge < -0.3 is 14.9 Å². The molecule has 20 heavy (non-hydrogen) atoms. The summed E-state index contributed by atoms with van der Waals surface area (Å²) in [6, 6.07) is 8.45. The van der Waals surface area contributed by atoms with Crippen LogP contribution in [0.15, 0.2) is 30.3 Å². The maximum atomic E-state index is 11.1. The summed E-state index contributed by atoms with van der Waals surface area (Å²) in [6.07, 6.45) is 2.64. The van der Waals surface area contributed by atoms with E-state index < -0.39 is 25.1 Å². The van der Waals surface area contributed by atoms with E-state index >= 15 is 0 Å². The quantitative estimate of drug-likeness (QED) is 0.726. The Morgan fingerprint density at radius 3 is 1.90 bits per heavy atom. The van der Waals surface area contributed by atoms with Gasteiger partial charge in [0.15, 0.2) is 5.66 Å². The van der Waals surface area contributed by atoms with Crippen LogP contribution in [0.4, 0.5) is 0 Å². The predicted molar refractivity (Wildman–Crippen MR) is 78.9 cm³/mol. The third kappa shape index (κ3) is 6.33. The number of carboxylic acids is 1. The molecule has 1 rings (SSSR count). The summed E-state index contributed by atoms with van der Waals surface area (Å²) in [5.41, 5.74) is -1.10. The van der Waals surface area contributed by atoms with E-state index in [4.69, 9.17) is 14.9 Å². The second-order valence-electron chi connectivity index (χ2n) is 4.57. The van der Waals surface area contributed by atoms with E-state index in [2.05, 4.69) is 13.8 Å². The fourth-order valence-electron chi connectivity index (χ4n) is 1.59. The number of hydrogen-bond acceptors (Lipinski definition) is 2. The summed E-state index contributed by atoms with van der Waals surface area (Å²) in [4.78, 5) is 28.9. The van der Waals surface area contributed by atoms with Crippen LogP contribution in [-0.2, 0) is 9.36 Å². The van der Waals surface area contributed by atoms with E-state index in [1.165, 1.54) is 19.8 Å². The van der Waals surface area contributed by atoms with Crippen molar-refractivity contribution in [2.24, 2.45) is 0 Å². The number of carbonyl (C=O) groups is 1. The molecule has 5 nitrogen and oxygen atoms in total. The van der Waals surface area contributed by atoms with Gasteiger partial charge in [-0.3, -0.25) is 9.36 Å². The largest absolute Gasteiger partial charge is 0.481 e. The lowest BCUT2D eigenvalue weighted by Crippen LogP contribution is -2.26. The summed E-state index contributed by atoms with van der Waals surface area (Å²) < 4.78 is 11.1. The lowest BCUT2D eigenvalue weighted by Gasteiger charge is -2.21. The number of carboxylic acid groups (broad SMARTS) is 1. The van der Waals surface area contributed by atoms with Crippen molar-refractivity contribution in [3.63, 3.8) is 0 Å². The SMILES string of the molecule is CC(c1ccccc1)C(C(=O)O)P(=O)(O)O.CCCC. The summed E-state index contributed by atoms with van der Waals surface area (Å²) in [7, 11) is -4.65. The van der Waals surface area contributed by atoms with Gasteiger partial charge in [0.2, 0.25) is 0 Å². The molecule has 0 fully saturated rings. The van der Waals surface area contributed by atoms with Gasteiger partial charge >= 0.3 is 13.6 Å². The Bertz CT molecular complexity index is 438. The molecule has 1 aromatic carbocycles. The predicted octanol–water partition coefficient (Wildman–Crippen LogP) is 3.23. The average Bonchev–Trinajstić information content (AvgIpc) is 2.38. The van der Waals surface area contributed by atoms with Crippen LogP contribution in [0.1, 0.15) is 45.1 Å². The number of rotatable bonds is 5. The molecule has 0 radical (unpaired) electrons. The van der Waals surface area contributed by atoms with E-state index in [0.717, 1.165) is 0 Å². The molecule has 0 saturated heterocycles. The molecule has 2 atom stereocenters. The topological polar surface area (TPSA) is 94.8 Å². The van der Waals surface area contributed by atoms with Gasteiger partial charge in [-0.1, -0.05) is 63.9 Å². The first-order valence-corrected chi connectivity index (χ1v) is 8.26. The maximum Gasteiger partial charge on any atom is 0.340 e. The molecule has 0 aromatic heterocycles. The average molecular weight is 302 g/mol. The fraction of sp³-hybridized carbons (Fsp3) is 0.500. The lowest BCUT2D eigenvalue weighted by molar-refractivity contribution is -0.137. The van der Waals surface area contributed by atoms with Crippen molar-refractivity contribution >= 4 is 13.6 Å². The third-order valence-corrected chi connectivity index (χ3v) is 4.31. The van der Waals surface area contributed by atoms with E-state index in [9.17, 15) is 9.36 Å². The van der Waals surface area contributed by atoms with Crippen LogP contribution in [0.3, 0.4) is 0 Å². The van der Waals surface area contributed by atoms with Crippen LogP contribution in [0, 0.1) is 0 Å². The molecule has 0 aliphatic rings. The Morgan fingerprint density at radius 1 is 1.15 bits per heavy atom. The molecule has 0 bridgehead atoms. The third-order valence-electron chi connectivity index (χ3n) is 2.91. The highest BCUT2D eigenvalue weighted by atomic mass is 31.2. The minimum Gasteiger partial charge on any atom is -0.481 e. The minimum absolute atomic E-state index is 0.596. The Labute approximate surface area is 119 Å². The van der Waals surface area contributed by atoms with Crippen LogP contribution in [0.5, 0.6) is 0 Å². The molecule has 0 saturated carbocycles. The standard InChI is InChI=1S/C10H13O5P.C4H10/c1-7(8-5-3-2-4-6-8)9(10(11)12)16(13,14)15;1-3-4-2/h2-7,9H,1H3,(H,11,12)(H2,13,14,15);3-4H2,1-2H3. The van der Waals surface area contributed by atoms with Crippen molar-refractivity contribution in [1.82, 2.24) is 0 Å². The Morgan fingerprint density at radius 2 is 1.60 bits per heavy atom. The zero-order chi connectivity index (χ0) is 15.8. The van der Waals surface area contributed by atoms with Gasteiger partial charge in [-0.2, -0.15) is 0 Å². The van der Waals surface area contributed by atoms with Crippen molar-refractivity contribution in [1.29, 1.82) is 0 Å². The Kier molecular flexibility index (Phi) is 8.39. The zero-order valence-electron chi connectivity index (χ0n) is 12.1. The highest BCUT2D eigenvalue weighted by Gasteiger charge is 2.40. The summed E-state index contributed by atoms with van der Waals surface area (Å²) in [5, 5.41) is 8.85. The van der Waals surface area contributed by atoms with Crippen LogP contribution >= 0.6 is 7.60 Å². The van der Waals surface area contributed by atoms with Crippen molar-refractivity contribution in [2.45, 2.75) is 45.2 Å². The van der Waals surface area contributed by atoms with Gasteiger partial charge in [-0.15, -0.1) is 0 Å². The molecule has 1 aromatic rings. The first kappa shape index (κ1) is 18.8. The first-order valence-electron chi connectivity index (χ1n) is 6.58. The van der Waals surface area contributed by atoms with Crippen LogP contribution in [-0.4, -0.2) is 26.5 Å². The zero-order valence-corrected chi connectivity index (χ0v) is 13.0. The number of hydrogen-bond donors (Lipinski definition) is 3. The maximum absolute atomic E-state index is 11.1. The molecular weight excluding hydrogens is 279 g/mol. The van der Waals surface area contributed by atoms with E-state index in [0.29, 0.717) is 5.56 Å². The van der Waals surface area contributed by atoms with E-state index in [-0.39, 0.29) is 0 Å². The molecule has 0 heterocycles. The number of unbranched alkanes of at least 4 members (excludes halogenated alkanes) is 1. The van der Waals surface area contributed by atoms with Crippen molar-refractivity contribution in [3.8, 4) is 0 Å². The molecule has 0 aliphatic carbocycles. The molecule has 0 amide bonds. The fourth-order valence-corrected chi connectivity index (χ4v) is 2.63. The highest BCUT2D eigenvalue weighted by molar-refractivity contribution is 7.53. The van der Waals surface area contributed by atoms with Gasteiger partial charge in [0, 0.05) is 5.92 Å². The monoisotopic (exact) mass is 302 g/mol. The van der Waals surface area contributed by atoms with Gasteiger partial charge in [-0.25, -0.2) is 0 Å². The normalized spacial score (nSPS) is 13.8. The van der Waals surface area contributed by atoms with Crippen LogP contribution in [0.25, 0.3) is 0 Å². The summed E-state index contributed by atoms with van der Waals surface area (Å²) >= 11 is 0. The van der Waals surface area contributed by atoms with Crippen LogP contribution in [0.2, 0.25) is 0 Å². The van der Waals surface area contributed by atoms with Gasteiger partial charge in [0.05, 0.1) is 0 Å². The Balaban J connectivity index is 0.000000796. The van der Waals surface area contributed by atoms with Gasteiger partial charge in [0.25, 0.3) is 0 Å². The van der Waals surface area contributed by atoms with E-state index in [1.807, 2.05) is 0 Å². The van der Waals surface area contributed by atoms with E-state index in [1.54, 1.807) is 30.3 Å². The molecule has 114 valence electrons. The molecule has 0 spiro atoms. The van der Waals surface area contributed by atoms with Gasteiger partial charge in [0.1, 0.15) is 0 Å². The number of aliphatic carboxylic acids is 1. The smallest absolute Gasteiger partial charge is 0.340 e. The minimum atomic E-state index is -4.65. The summed E-state index contributed by atoms with van der Waals surface area (Å²) in [6.45, 7) is 5.85. The second kappa shape index (κ2) is 8.90. The van der Waals surface area contributed by atoms with Gasteiger partial charge in [-0.05, 0) is 5.56 Å². The van der Waals surface area contributed by atoms with Crippen LogP contribution < -0.4 is 0 Å². The molecule has 3 N–H and O–H groups in total.